The fraction of sp³-hybridized carbons (Fsp3) is 0.214. The molecule has 6 nitrogen and oxygen atoms in total. The van der Waals surface area contributed by atoms with Crippen molar-refractivity contribution < 1.29 is 14.7 Å². The van der Waals surface area contributed by atoms with Crippen LogP contribution in [-0.4, -0.2) is 21.6 Å². The summed E-state index contributed by atoms with van der Waals surface area (Å²) in [6.07, 6.45) is 1.26. The molecule has 1 aromatic heterocycles. The lowest BCUT2D eigenvalue weighted by Crippen LogP contribution is -2.26. The largest absolute Gasteiger partial charge is 0.477 e. The van der Waals surface area contributed by atoms with E-state index in [1.165, 1.54) is 6.20 Å². The Hall–Kier alpha value is -2.63. The highest BCUT2D eigenvalue weighted by Gasteiger charge is 2.16. The van der Waals surface area contributed by atoms with E-state index in [1.54, 1.807) is 35.8 Å². The molecule has 6 heteroatoms. The van der Waals surface area contributed by atoms with Gasteiger partial charge in [0.2, 0.25) is 11.3 Å². The molecule has 1 heterocycles. The monoisotopic (exact) mass is 274 g/mol. The average Bonchev–Trinajstić information content (AvgIpc) is 2.41. The number of carboxylic acid groups (broad SMARTS) is 1. The second-order valence-corrected chi connectivity index (χ2v) is 4.65. The zero-order valence-corrected chi connectivity index (χ0v) is 10.9. The first-order chi connectivity index (χ1) is 9.41. The summed E-state index contributed by atoms with van der Waals surface area (Å²) in [6, 6.07) is 6.68. The van der Waals surface area contributed by atoms with Crippen LogP contribution in [0.25, 0.3) is 10.9 Å². The second-order valence-electron chi connectivity index (χ2n) is 4.65. The quantitative estimate of drug-likeness (QED) is 0.861. The minimum Gasteiger partial charge on any atom is -0.477 e. The molecule has 0 aliphatic rings. The Labute approximate surface area is 114 Å². The molecule has 1 aromatic carbocycles. The van der Waals surface area contributed by atoms with Crippen molar-refractivity contribution in [2.24, 2.45) is 11.7 Å². The molecule has 2 aromatic rings. The van der Waals surface area contributed by atoms with Crippen LogP contribution >= 0.6 is 0 Å². The van der Waals surface area contributed by atoms with Crippen LogP contribution in [0.5, 0.6) is 0 Å². The number of primary amides is 1. The number of carboxylic acids is 1. The van der Waals surface area contributed by atoms with Gasteiger partial charge in [0.1, 0.15) is 5.56 Å². The van der Waals surface area contributed by atoms with Gasteiger partial charge < -0.3 is 15.4 Å². The summed E-state index contributed by atoms with van der Waals surface area (Å²) in [5.41, 5.74) is 4.95. The van der Waals surface area contributed by atoms with E-state index in [-0.39, 0.29) is 12.1 Å². The van der Waals surface area contributed by atoms with Crippen LogP contribution in [0, 0.1) is 5.92 Å². The highest BCUT2D eigenvalue weighted by molar-refractivity contribution is 5.92. The number of para-hydroxylation sites is 1. The van der Waals surface area contributed by atoms with Crippen molar-refractivity contribution in [2.45, 2.75) is 13.5 Å². The van der Waals surface area contributed by atoms with Crippen LogP contribution in [0.3, 0.4) is 0 Å². The van der Waals surface area contributed by atoms with Gasteiger partial charge in [-0.2, -0.15) is 0 Å². The Morgan fingerprint density at radius 2 is 2.00 bits per heavy atom. The summed E-state index contributed by atoms with van der Waals surface area (Å²) < 4.78 is 1.58. The van der Waals surface area contributed by atoms with Crippen molar-refractivity contribution in [3.05, 3.63) is 46.2 Å². The van der Waals surface area contributed by atoms with Crippen LogP contribution in [0.2, 0.25) is 0 Å². The first kappa shape index (κ1) is 13.8. The molecule has 1 unspecified atom stereocenters. The van der Waals surface area contributed by atoms with Gasteiger partial charge in [0.15, 0.2) is 0 Å². The Bertz CT molecular complexity index is 748. The number of amides is 1. The smallest absolute Gasteiger partial charge is 0.341 e. The summed E-state index contributed by atoms with van der Waals surface area (Å²) >= 11 is 0. The third kappa shape index (κ3) is 2.40. The molecule has 20 heavy (non-hydrogen) atoms. The number of aromatic nitrogens is 1. The molecule has 0 bridgehead atoms. The minimum atomic E-state index is -1.29. The number of carbonyl (C=O) groups excluding carboxylic acids is 1. The van der Waals surface area contributed by atoms with E-state index in [2.05, 4.69) is 0 Å². The van der Waals surface area contributed by atoms with Gasteiger partial charge in [-0.05, 0) is 12.1 Å². The fourth-order valence-electron chi connectivity index (χ4n) is 2.03. The zero-order valence-electron chi connectivity index (χ0n) is 10.9. The first-order valence-corrected chi connectivity index (χ1v) is 6.06. The lowest BCUT2D eigenvalue weighted by molar-refractivity contribution is -0.121. The molecule has 0 fully saturated rings. The van der Waals surface area contributed by atoms with Gasteiger partial charge in [0.05, 0.1) is 11.4 Å². The van der Waals surface area contributed by atoms with Crippen molar-refractivity contribution in [1.82, 2.24) is 4.57 Å². The standard InChI is InChI=1S/C14H14N2O4/c1-8(13(15)18)6-16-7-10(14(19)20)12(17)9-4-2-3-5-11(9)16/h2-5,7-8H,6H2,1H3,(H2,15,18)(H,19,20). The van der Waals surface area contributed by atoms with Crippen LogP contribution < -0.4 is 11.2 Å². The number of nitrogens with zero attached hydrogens (tertiary/aromatic N) is 1. The van der Waals surface area contributed by atoms with Crippen molar-refractivity contribution in [2.75, 3.05) is 0 Å². The maximum Gasteiger partial charge on any atom is 0.341 e. The third-order valence-corrected chi connectivity index (χ3v) is 3.17. The predicted molar refractivity (Wildman–Crippen MR) is 73.5 cm³/mol. The molecule has 0 aliphatic heterocycles. The van der Waals surface area contributed by atoms with E-state index < -0.39 is 23.2 Å². The van der Waals surface area contributed by atoms with E-state index in [0.29, 0.717) is 10.9 Å². The number of nitrogens with two attached hydrogens (primary N) is 1. The number of fused-ring (bicyclic) bond motifs is 1. The van der Waals surface area contributed by atoms with Gasteiger partial charge in [0, 0.05) is 18.1 Å². The normalized spacial score (nSPS) is 12.2. The van der Waals surface area contributed by atoms with Gasteiger partial charge in [-0.1, -0.05) is 19.1 Å². The maximum atomic E-state index is 12.1. The molecular formula is C14H14N2O4. The number of carbonyl (C=O) groups is 2. The number of pyridine rings is 1. The summed E-state index contributed by atoms with van der Waals surface area (Å²) in [5, 5.41) is 9.40. The summed E-state index contributed by atoms with van der Waals surface area (Å²) in [5.74, 6) is -2.24. The molecule has 0 aliphatic carbocycles. The molecule has 0 saturated carbocycles. The minimum absolute atomic E-state index is 0.219. The fourth-order valence-corrected chi connectivity index (χ4v) is 2.03. The third-order valence-electron chi connectivity index (χ3n) is 3.17. The summed E-state index contributed by atoms with van der Waals surface area (Å²) in [7, 11) is 0. The lowest BCUT2D eigenvalue weighted by Gasteiger charge is -2.15. The van der Waals surface area contributed by atoms with E-state index in [9.17, 15) is 14.4 Å². The predicted octanol–water partition coefficient (Wildman–Crippen LogP) is 0.821. The van der Waals surface area contributed by atoms with Crippen molar-refractivity contribution >= 4 is 22.8 Å². The molecule has 1 atom stereocenters. The number of hydrogen-bond donors (Lipinski definition) is 2. The van der Waals surface area contributed by atoms with E-state index in [1.807, 2.05) is 0 Å². The maximum absolute atomic E-state index is 12.1. The van der Waals surface area contributed by atoms with Gasteiger partial charge in [-0.3, -0.25) is 9.59 Å². The second kappa shape index (κ2) is 5.16. The SMILES string of the molecule is CC(Cn1cc(C(=O)O)c(=O)c2ccccc21)C(N)=O. The molecule has 2 rings (SSSR count). The van der Waals surface area contributed by atoms with Crippen LogP contribution in [0.4, 0.5) is 0 Å². The zero-order chi connectivity index (χ0) is 14.9. The van der Waals surface area contributed by atoms with Gasteiger partial charge in [0.25, 0.3) is 0 Å². The molecule has 0 spiro atoms. The van der Waals surface area contributed by atoms with E-state index in [0.717, 1.165) is 0 Å². The number of rotatable bonds is 4. The van der Waals surface area contributed by atoms with Crippen LogP contribution in [-0.2, 0) is 11.3 Å². The van der Waals surface area contributed by atoms with Gasteiger partial charge in [-0.25, -0.2) is 4.79 Å². The molecule has 3 N–H and O–H groups in total. The Kier molecular flexibility index (Phi) is 3.56. The Balaban J connectivity index is 2.70. The average molecular weight is 274 g/mol. The highest BCUT2D eigenvalue weighted by Crippen LogP contribution is 2.14. The Morgan fingerprint density at radius 1 is 1.35 bits per heavy atom. The molecule has 0 radical (unpaired) electrons. The highest BCUT2D eigenvalue weighted by atomic mass is 16.4. The first-order valence-electron chi connectivity index (χ1n) is 6.06. The summed E-state index contributed by atoms with van der Waals surface area (Å²) in [4.78, 5) is 34.3. The number of hydrogen-bond acceptors (Lipinski definition) is 3. The van der Waals surface area contributed by atoms with Crippen molar-refractivity contribution in [3.63, 3.8) is 0 Å². The topological polar surface area (TPSA) is 102 Å². The summed E-state index contributed by atoms with van der Waals surface area (Å²) in [6.45, 7) is 1.87. The van der Waals surface area contributed by atoms with E-state index >= 15 is 0 Å². The van der Waals surface area contributed by atoms with Crippen LogP contribution in [0.1, 0.15) is 17.3 Å². The van der Waals surface area contributed by atoms with Crippen molar-refractivity contribution in [3.8, 4) is 0 Å². The molecular weight excluding hydrogens is 260 g/mol. The van der Waals surface area contributed by atoms with Crippen LogP contribution in [0.15, 0.2) is 35.3 Å². The lowest BCUT2D eigenvalue weighted by atomic mass is 10.1. The van der Waals surface area contributed by atoms with Crippen molar-refractivity contribution in [1.29, 1.82) is 0 Å². The Morgan fingerprint density at radius 3 is 2.60 bits per heavy atom. The number of benzene rings is 1. The number of aromatic carboxylic acids is 1. The van der Waals surface area contributed by atoms with Gasteiger partial charge in [-0.15, -0.1) is 0 Å². The molecule has 104 valence electrons. The molecule has 1 amide bonds. The van der Waals surface area contributed by atoms with Gasteiger partial charge >= 0.3 is 5.97 Å². The van der Waals surface area contributed by atoms with E-state index in [4.69, 9.17) is 10.8 Å². The molecule has 0 saturated heterocycles.